The van der Waals surface area contributed by atoms with Crippen LogP contribution in [0.2, 0.25) is 0 Å². The van der Waals surface area contributed by atoms with Gasteiger partial charge in [0, 0.05) is 41.6 Å². The van der Waals surface area contributed by atoms with Gasteiger partial charge in [-0.1, -0.05) is 51.1 Å². The predicted molar refractivity (Wildman–Crippen MR) is 220 cm³/mol. The lowest BCUT2D eigenvalue weighted by atomic mass is 9.86. The van der Waals surface area contributed by atoms with Crippen LogP contribution in [0.25, 0.3) is 10.8 Å². The number of rotatable bonds is 14. The second-order valence-electron chi connectivity index (χ2n) is 15.0. The smallest absolute Gasteiger partial charge is 0.323 e. The van der Waals surface area contributed by atoms with Crippen molar-refractivity contribution in [3.05, 3.63) is 107 Å². The summed E-state index contributed by atoms with van der Waals surface area (Å²) < 4.78 is 31.0. The van der Waals surface area contributed by atoms with E-state index in [9.17, 15) is 14.2 Å². The Labute approximate surface area is 318 Å². The van der Waals surface area contributed by atoms with E-state index >= 15 is 0 Å². The second kappa shape index (κ2) is 16.9. The summed E-state index contributed by atoms with van der Waals surface area (Å²) in [5.74, 6) is 2.22. The zero-order chi connectivity index (χ0) is 39.2. The fraction of sp³-hybridized carbons (Fsp3) is 0.326. The lowest BCUT2D eigenvalue weighted by Crippen LogP contribution is -2.23. The number of pyridine rings is 1. The molecule has 0 saturated heterocycles. The van der Waals surface area contributed by atoms with Crippen LogP contribution in [0, 0.1) is 0 Å². The summed E-state index contributed by atoms with van der Waals surface area (Å²) in [6, 6.07) is 24.0. The molecule has 2 amide bonds. The predicted octanol–water partition coefficient (Wildman–Crippen LogP) is 9.35. The van der Waals surface area contributed by atoms with Crippen molar-refractivity contribution >= 4 is 46.4 Å². The Morgan fingerprint density at radius 3 is 2.22 bits per heavy atom. The molecule has 0 spiro atoms. The summed E-state index contributed by atoms with van der Waals surface area (Å²) in [6.07, 6.45) is 3.46. The number of methoxy groups -OCH3 is 2. The maximum atomic E-state index is 13.5. The van der Waals surface area contributed by atoms with E-state index in [1.165, 1.54) is 7.11 Å². The minimum absolute atomic E-state index is 0.0635. The third kappa shape index (κ3) is 9.87. The van der Waals surface area contributed by atoms with E-state index in [0.29, 0.717) is 58.1 Å². The van der Waals surface area contributed by atoms with Crippen LogP contribution in [0.1, 0.15) is 60.8 Å². The topological polar surface area (TPSA) is 119 Å². The third-order valence-corrected chi connectivity index (χ3v) is 10.6. The minimum Gasteiger partial charge on any atom is -0.496 e. The first-order valence-corrected chi connectivity index (χ1v) is 20.5. The van der Waals surface area contributed by atoms with Crippen LogP contribution in [0.3, 0.4) is 0 Å². The first kappa shape index (κ1) is 40.0. The normalized spacial score (nSPS) is 11.7. The summed E-state index contributed by atoms with van der Waals surface area (Å²) in [7, 11) is 4.34. The number of amides is 2. The molecular weight excluding hydrogens is 699 g/mol. The summed E-state index contributed by atoms with van der Waals surface area (Å²) in [5, 5.41) is 8.10. The fourth-order valence-electron chi connectivity index (χ4n) is 6.22. The van der Waals surface area contributed by atoms with Crippen LogP contribution in [-0.2, 0) is 16.4 Å². The highest BCUT2D eigenvalue weighted by molar-refractivity contribution is 7.70. The number of urea groups is 1. The van der Waals surface area contributed by atoms with E-state index in [0.717, 1.165) is 40.6 Å². The molecule has 10 nitrogen and oxygen atoms in total. The Kier molecular flexibility index (Phi) is 12.5. The fourth-order valence-corrected chi connectivity index (χ4v) is 7.37. The van der Waals surface area contributed by atoms with Crippen molar-refractivity contribution in [3.8, 4) is 23.0 Å². The van der Waals surface area contributed by atoms with Gasteiger partial charge in [0.05, 0.1) is 36.5 Å². The number of nitrogens with zero attached hydrogens (tertiary/aromatic N) is 2. The van der Waals surface area contributed by atoms with Gasteiger partial charge in [-0.3, -0.25) is 9.78 Å². The van der Waals surface area contributed by atoms with Crippen LogP contribution in [-0.4, -0.2) is 69.9 Å². The Hall–Kier alpha value is -5.18. The number of benzene rings is 4. The molecular formula is C43H51N4O6P. The van der Waals surface area contributed by atoms with Crippen LogP contribution >= 0.6 is 7.14 Å². The molecule has 1 aromatic heterocycles. The maximum Gasteiger partial charge on any atom is 0.323 e. The van der Waals surface area contributed by atoms with Crippen molar-refractivity contribution in [2.45, 2.75) is 45.4 Å². The largest absolute Gasteiger partial charge is 0.496 e. The minimum atomic E-state index is -2.74. The molecule has 0 aliphatic rings. The summed E-state index contributed by atoms with van der Waals surface area (Å²) in [6.45, 7) is 10.4. The monoisotopic (exact) mass is 750 g/mol. The van der Waals surface area contributed by atoms with Crippen LogP contribution < -0.4 is 30.1 Å². The SMILES string of the molecule is COc1cc(Cc2cc(Oc3ccc(NC(=O)Nc4cc(C(C)(C)C)cc(P(C)(C)=O)c4OC)c4ccccc34)ccn2)ccc1C(=O)CCCN(C)C. The van der Waals surface area contributed by atoms with Gasteiger partial charge >= 0.3 is 6.03 Å². The number of hydrogen-bond acceptors (Lipinski definition) is 8. The molecule has 0 atom stereocenters. The van der Waals surface area contributed by atoms with E-state index in [4.69, 9.17) is 14.2 Å². The summed E-state index contributed by atoms with van der Waals surface area (Å²) in [4.78, 5) is 33.0. The van der Waals surface area contributed by atoms with Crippen molar-refractivity contribution < 1.29 is 28.4 Å². The molecule has 4 aromatic carbocycles. The molecule has 284 valence electrons. The quantitative estimate of drug-likeness (QED) is 0.0852. The molecule has 0 aliphatic carbocycles. The zero-order valence-corrected chi connectivity index (χ0v) is 33.6. The molecule has 0 unspecified atom stereocenters. The average Bonchev–Trinajstić information content (AvgIpc) is 3.11. The highest BCUT2D eigenvalue weighted by Gasteiger charge is 2.26. The number of carbonyl (C=O) groups is 2. The summed E-state index contributed by atoms with van der Waals surface area (Å²) in [5.41, 5.74) is 4.03. The van der Waals surface area contributed by atoms with Gasteiger partial charge in [-0.25, -0.2) is 4.79 Å². The number of aromatic nitrogens is 1. The van der Waals surface area contributed by atoms with E-state index in [2.05, 4.69) is 41.3 Å². The number of Topliss-reactive ketones (excluding diaryl/α,β-unsaturated/α-hetero) is 1. The van der Waals surface area contributed by atoms with Crippen LogP contribution in [0.15, 0.2) is 85.1 Å². The Balaban J connectivity index is 1.34. The van der Waals surface area contributed by atoms with Crippen molar-refractivity contribution in [2.24, 2.45) is 0 Å². The number of nitrogens with one attached hydrogen (secondary N) is 2. The molecule has 0 bridgehead atoms. The van der Waals surface area contributed by atoms with Gasteiger partial charge in [-0.15, -0.1) is 0 Å². The van der Waals surface area contributed by atoms with Crippen molar-refractivity contribution in [1.82, 2.24) is 9.88 Å². The number of ketones is 1. The first-order valence-electron chi connectivity index (χ1n) is 17.9. The van der Waals surface area contributed by atoms with Crippen molar-refractivity contribution in [1.29, 1.82) is 0 Å². The lowest BCUT2D eigenvalue weighted by molar-refractivity contribution is 0.0974. The second-order valence-corrected chi connectivity index (χ2v) is 18.2. The van der Waals surface area contributed by atoms with Gasteiger partial charge in [-0.2, -0.15) is 0 Å². The first-order chi connectivity index (χ1) is 25.6. The molecule has 1 heterocycles. The molecule has 0 radical (unpaired) electrons. The Morgan fingerprint density at radius 1 is 0.833 bits per heavy atom. The highest BCUT2D eigenvalue weighted by atomic mass is 31.2. The number of fused-ring (bicyclic) bond motifs is 1. The summed E-state index contributed by atoms with van der Waals surface area (Å²) >= 11 is 0. The zero-order valence-electron chi connectivity index (χ0n) is 32.7. The number of anilines is 2. The van der Waals surface area contributed by atoms with Gasteiger partial charge in [0.2, 0.25) is 0 Å². The van der Waals surface area contributed by atoms with E-state index in [-0.39, 0.29) is 11.2 Å². The van der Waals surface area contributed by atoms with Gasteiger partial charge in [0.15, 0.2) is 11.5 Å². The van der Waals surface area contributed by atoms with Gasteiger partial charge in [-0.05, 0) is 99.4 Å². The lowest BCUT2D eigenvalue weighted by Gasteiger charge is -2.25. The molecule has 0 aliphatic heterocycles. The van der Waals surface area contributed by atoms with Crippen LogP contribution in [0.4, 0.5) is 16.2 Å². The number of carbonyl (C=O) groups excluding carboxylic acids is 2. The molecule has 5 aromatic rings. The van der Waals surface area contributed by atoms with E-state index in [1.807, 2.05) is 80.8 Å². The number of hydrogen-bond donors (Lipinski definition) is 2. The third-order valence-electron chi connectivity index (χ3n) is 9.08. The van der Waals surface area contributed by atoms with Gasteiger partial charge < -0.3 is 34.3 Å². The molecule has 2 N–H and O–H groups in total. The average molecular weight is 751 g/mol. The maximum absolute atomic E-state index is 13.5. The van der Waals surface area contributed by atoms with E-state index < -0.39 is 13.2 Å². The van der Waals surface area contributed by atoms with Crippen molar-refractivity contribution in [2.75, 3.05) is 58.8 Å². The standard InChI is InChI=1S/C43H51N4O6P/c1-43(2,3)29-25-36(41(52-7)40(26-29)54(8,9)50)46-42(49)45-35-18-19-38(33-14-11-10-13-32(33)35)53-31-20-21-44-30(27-31)23-28-16-17-34(39(24-28)51-6)37(48)15-12-22-47(4)5/h10-11,13-14,16-21,24-27H,12,15,22-23H2,1-9H3,(H2,45,46,49). The molecule has 5 rings (SSSR count). The Bertz CT molecular complexity index is 2210. The van der Waals surface area contributed by atoms with Crippen molar-refractivity contribution in [3.63, 3.8) is 0 Å². The Morgan fingerprint density at radius 2 is 1.56 bits per heavy atom. The number of ether oxygens (including phenoxy) is 3. The van der Waals surface area contributed by atoms with Gasteiger partial charge in [0.1, 0.15) is 24.4 Å². The van der Waals surface area contributed by atoms with Gasteiger partial charge in [0.25, 0.3) is 0 Å². The molecule has 0 fully saturated rings. The molecule has 54 heavy (non-hydrogen) atoms. The van der Waals surface area contributed by atoms with Crippen LogP contribution in [0.5, 0.6) is 23.0 Å². The molecule has 0 saturated carbocycles. The highest BCUT2D eigenvalue weighted by Crippen LogP contribution is 2.43. The molecule has 11 heteroatoms. The van der Waals surface area contributed by atoms with E-state index in [1.54, 1.807) is 38.8 Å².